The molecule has 1 aromatic heterocycles. The SMILES string of the molecule is Cc1ccc(-n2nc(C(F)(F)F)cc2C)c(C)c1. The van der Waals surface area contributed by atoms with Gasteiger partial charge in [-0.05, 0) is 38.5 Å². The number of aryl methyl sites for hydroxylation is 3. The molecule has 18 heavy (non-hydrogen) atoms. The summed E-state index contributed by atoms with van der Waals surface area (Å²) in [5.74, 6) is 0. The van der Waals surface area contributed by atoms with Crippen molar-refractivity contribution in [3.63, 3.8) is 0 Å². The molecule has 0 saturated heterocycles. The molecule has 0 atom stereocenters. The lowest BCUT2D eigenvalue weighted by atomic mass is 10.1. The third kappa shape index (κ3) is 2.25. The van der Waals surface area contributed by atoms with Crippen molar-refractivity contribution in [2.75, 3.05) is 0 Å². The van der Waals surface area contributed by atoms with Gasteiger partial charge in [0, 0.05) is 5.69 Å². The summed E-state index contributed by atoms with van der Waals surface area (Å²) in [4.78, 5) is 0. The van der Waals surface area contributed by atoms with Crippen LogP contribution in [0, 0.1) is 20.8 Å². The fourth-order valence-electron chi connectivity index (χ4n) is 1.90. The van der Waals surface area contributed by atoms with Gasteiger partial charge in [0.1, 0.15) is 0 Å². The van der Waals surface area contributed by atoms with Crippen molar-refractivity contribution < 1.29 is 13.2 Å². The predicted molar refractivity (Wildman–Crippen MR) is 62.8 cm³/mol. The molecule has 0 amide bonds. The monoisotopic (exact) mass is 254 g/mol. The molecular formula is C13H13F3N2. The predicted octanol–water partition coefficient (Wildman–Crippen LogP) is 3.82. The van der Waals surface area contributed by atoms with Crippen LogP contribution in [0.2, 0.25) is 0 Å². The van der Waals surface area contributed by atoms with Crippen LogP contribution >= 0.6 is 0 Å². The van der Waals surface area contributed by atoms with Gasteiger partial charge in [0.25, 0.3) is 0 Å². The summed E-state index contributed by atoms with van der Waals surface area (Å²) in [6.45, 7) is 5.41. The molecule has 0 aliphatic heterocycles. The average Bonchev–Trinajstić information content (AvgIpc) is 2.60. The van der Waals surface area contributed by atoms with Crippen LogP contribution < -0.4 is 0 Å². The second kappa shape index (κ2) is 4.15. The first kappa shape index (κ1) is 12.7. The summed E-state index contributed by atoms with van der Waals surface area (Å²) < 4.78 is 39.1. The van der Waals surface area contributed by atoms with Gasteiger partial charge >= 0.3 is 6.18 Å². The van der Waals surface area contributed by atoms with Crippen LogP contribution in [0.1, 0.15) is 22.5 Å². The highest BCUT2D eigenvalue weighted by atomic mass is 19.4. The molecule has 0 spiro atoms. The molecule has 0 unspecified atom stereocenters. The van der Waals surface area contributed by atoms with Crippen molar-refractivity contribution >= 4 is 0 Å². The number of aromatic nitrogens is 2. The quantitative estimate of drug-likeness (QED) is 0.756. The van der Waals surface area contributed by atoms with Crippen molar-refractivity contribution in [3.8, 4) is 5.69 Å². The molecule has 2 nitrogen and oxygen atoms in total. The Balaban J connectivity index is 2.55. The Hall–Kier alpha value is -1.78. The van der Waals surface area contributed by atoms with E-state index in [0.717, 1.165) is 17.2 Å². The number of halogens is 3. The van der Waals surface area contributed by atoms with Gasteiger partial charge in [-0.3, -0.25) is 0 Å². The third-order valence-electron chi connectivity index (χ3n) is 2.76. The first-order valence-corrected chi connectivity index (χ1v) is 5.50. The summed E-state index contributed by atoms with van der Waals surface area (Å²) >= 11 is 0. The van der Waals surface area contributed by atoms with Gasteiger partial charge in [0.15, 0.2) is 5.69 Å². The highest BCUT2D eigenvalue weighted by Crippen LogP contribution is 2.29. The summed E-state index contributed by atoms with van der Waals surface area (Å²) in [7, 11) is 0. The fraction of sp³-hybridized carbons (Fsp3) is 0.308. The van der Waals surface area contributed by atoms with Crippen LogP contribution in [0.15, 0.2) is 24.3 Å². The van der Waals surface area contributed by atoms with Crippen LogP contribution in [0.3, 0.4) is 0 Å². The smallest absolute Gasteiger partial charge is 0.237 e. The molecule has 96 valence electrons. The number of hydrogen-bond acceptors (Lipinski definition) is 1. The average molecular weight is 254 g/mol. The van der Waals surface area contributed by atoms with E-state index in [0.29, 0.717) is 11.4 Å². The van der Waals surface area contributed by atoms with Crippen LogP contribution in [0.4, 0.5) is 13.2 Å². The highest BCUT2D eigenvalue weighted by Gasteiger charge is 2.34. The lowest BCUT2D eigenvalue weighted by Crippen LogP contribution is -2.08. The Morgan fingerprint density at radius 3 is 2.22 bits per heavy atom. The lowest BCUT2D eigenvalue weighted by Gasteiger charge is -2.09. The third-order valence-corrected chi connectivity index (χ3v) is 2.76. The van der Waals surface area contributed by atoms with Gasteiger partial charge in [0.05, 0.1) is 5.69 Å². The minimum atomic E-state index is -4.41. The molecule has 5 heteroatoms. The topological polar surface area (TPSA) is 17.8 Å². The molecule has 1 heterocycles. The minimum absolute atomic E-state index is 0.467. The molecule has 0 N–H and O–H groups in total. The molecule has 0 aliphatic rings. The normalized spacial score (nSPS) is 11.9. The fourth-order valence-corrected chi connectivity index (χ4v) is 1.90. The van der Waals surface area contributed by atoms with E-state index in [2.05, 4.69) is 5.10 Å². The molecule has 2 rings (SSSR count). The molecule has 0 radical (unpaired) electrons. The van der Waals surface area contributed by atoms with Crippen LogP contribution in [-0.4, -0.2) is 9.78 Å². The van der Waals surface area contributed by atoms with E-state index < -0.39 is 11.9 Å². The molecule has 0 bridgehead atoms. The van der Waals surface area contributed by atoms with E-state index in [1.807, 2.05) is 26.0 Å². The van der Waals surface area contributed by atoms with Crippen molar-refractivity contribution in [1.82, 2.24) is 9.78 Å². The van der Waals surface area contributed by atoms with Gasteiger partial charge in [-0.25, -0.2) is 4.68 Å². The number of rotatable bonds is 1. The Labute approximate surface area is 103 Å². The number of benzene rings is 1. The first-order chi connectivity index (χ1) is 8.29. The maximum atomic E-state index is 12.6. The first-order valence-electron chi connectivity index (χ1n) is 5.50. The van der Waals surface area contributed by atoms with E-state index in [9.17, 15) is 13.2 Å². The maximum absolute atomic E-state index is 12.6. The summed E-state index contributed by atoms with van der Waals surface area (Å²) in [5.41, 5.74) is 2.25. The summed E-state index contributed by atoms with van der Waals surface area (Å²) in [6.07, 6.45) is -4.41. The van der Waals surface area contributed by atoms with Gasteiger partial charge < -0.3 is 0 Å². The zero-order valence-corrected chi connectivity index (χ0v) is 10.3. The Kier molecular flexibility index (Phi) is 2.92. The Morgan fingerprint density at radius 2 is 1.72 bits per heavy atom. The number of alkyl halides is 3. The molecule has 1 aromatic carbocycles. The number of nitrogens with zero attached hydrogens (tertiary/aromatic N) is 2. The molecule has 0 aliphatic carbocycles. The standard InChI is InChI=1S/C13H13F3N2/c1-8-4-5-11(9(2)6-8)18-10(3)7-12(17-18)13(14,15)16/h4-7H,1-3H3. The van der Waals surface area contributed by atoms with Crippen molar-refractivity contribution in [3.05, 3.63) is 46.8 Å². The number of hydrogen-bond donors (Lipinski definition) is 0. The zero-order chi connectivity index (χ0) is 13.5. The van der Waals surface area contributed by atoms with Crippen LogP contribution in [-0.2, 0) is 6.18 Å². The van der Waals surface area contributed by atoms with Gasteiger partial charge in [0.2, 0.25) is 0 Å². The largest absolute Gasteiger partial charge is 0.435 e. The zero-order valence-electron chi connectivity index (χ0n) is 10.3. The lowest BCUT2D eigenvalue weighted by molar-refractivity contribution is -0.141. The van der Waals surface area contributed by atoms with E-state index in [4.69, 9.17) is 0 Å². The Bertz CT molecular complexity index is 582. The van der Waals surface area contributed by atoms with Crippen molar-refractivity contribution in [1.29, 1.82) is 0 Å². The summed E-state index contributed by atoms with van der Waals surface area (Å²) in [6, 6.07) is 6.62. The highest BCUT2D eigenvalue weighted by molar-refractivity contribution is 5.43. The second-order valence-corrected chi connectivity index (χ2v) is 4.37. The van der Waals surface area contributed by atoms with Crippen molar-refractivity contribution in [2.24, 2.45) is 0 Å². The van der Waals surface area contributed by atoms with Gasteiger partial charge in [-0.1, -0.05) is 17.7 Å². The molecule has 0 saturated carbocycles. The molecule has 0 fully saturated rings. The van der Waals surface area contributed by atoms with Crippen LogP contribution in [0.5, 0.6) is 0 Å². The van der Waals surface area contributed by atoms with E-state index in [1.54, 1.807) is 13.0 Å². The van der Waals surface area contributed by atoms with Crippen LogP contribution in [0.25, 0.3) is 5.69 Å². The second-order valence-electron chi connectivity index (χ2n) is 4.37. The van der Waals surface area contributed by atoms with E-state index >= 15 is 0 Å². The van der Waals surface area contributed by atoms with Gasteiger partial charge in [-0.2, -0.15) is 18.3 Å². The van der Waals surface area contributed by atoms with Crippen molar-refractivity contribution in [2.45, 2.75) is 26.9 Å². The Morgan fingerprint density at radius 1 is 1.06 bits per heavy atom. The molecule has 2 aromatic rings. The summed E-state index contributed by atoms with van der Waals surface area (Å²) in [5, 5.41) is 3.63. The van der Waals surface area contributed by atoms with E-state index in [-0.39, 0.29) is 0 Å². The molecular weight excluding hydrogens is 241 g/mol. The van der Waals surface area contributed by atoms with E-state index in [1.165, 1.54) is 4.68 Å². The van der Waals surface area contributed by atoms with Gasteiger partial charge in [-0.15, -0.1) is 0 Å². The minimum Gasteiger partial charge on any atom is -0.237 e. The maximum Gasteiger partial charge on any atom is 0.435 e.